The van der Waals surface area contributed by atoms with E-state index in [1.54, 1.807) is 0 Å². The number of rotatable bonds is 4. The lowest BCUT2D eigenvalue weighted by molar-refractivity contribution is 0.721. The Bertz CT molecular complexity index is 263. The van der Waals surface area contributed by atoms with E-state index in [2.05, 4.69) is 34.1 Å². The SMILES string of the molecule is CC(N)CCSc1ccccc1Br. The summed E-state index contributed by atoms with van der Waals surface area (Å²) in [5, 5.41) is 0. The minimum atomic E-state index is 0.301. The number of benzene rings is 1. The second-order valence-electron chi connectivity index (χ2n) is 3.04. The molecule has 1 rings (SSSR count). The minimum Gasteiger partial charge on any atom is -0.328 e. The smallest absolute Gasteiger partial charge is 0.0311 e. The zero-order valence-corrected chi connectivity index (χ0v) is 10.1. The molecule has 0 aliphatic heterocycles. The molecule has 0 bridgehead atoms. The molecule has 1 aromatic carbocycles. The van der Waals surface area contributed by atoms with Crippen LogP contribution in [0.15, 0.2) is 33.6 Å². The molecule has 0 aliphatic rings. The molecular formula is C10H14BrNS. The first-order valence-corrected chi connectivity index (χ1v) is 6.11. The number of nitrogens with two attached hydrogens (primary N) is 1. The van der Waals surface area contributed by atoms with Crippen molar-refractivity contribution in [2.75, 3.05) is 5.75 Å². The van der Waals surface area contributed by atoms with E-state index in [1.807, 2.05) is 24.8 Å². The minimum absolute atomic E-state index is 0.301. The van der Waals surface area contributed by atoms with Crippen LogP contribution in [0.5, 0.6) is 0 Å². The molecule has 0 spiro atoms. The third kappa shape index (κ3) is 4.16. The Hall–Kier alpha value is 0.01000. The van der Waals surface area contributed by atoms with Crippen LogP contribution in [0, 0.1) is 0 Å². The van der Waals surface area contributed by atoms with Crippen molar-refractivity contribution in [1.82, 2.24) is 0 Å². The van der Waals surface area contributed by atoms with Gasteiger partial charge in [0.15, 0.2) is 0 Å². The van der Waals surface area contributed by atoms with E-state index >= 15 is 0 Å². The first-order valence-electron chi connectivity index (χ1n) is 4.33. The summed E-state index contributed by atoms with van der Waals surface area (Å²) in [5.41, 5.74) is 5.67. The summed E-state index contributed by atoms with van der Waals surface area (Å²) in [5.74, 6) is 1.08. The van der Waals surface area contributed by atoms with Crippen LogP contribution in [0.1, 0.15) is 13.3 Å². The Morgan fingerprint density at radius 1 is 1.46 bits per heavy atom. The summed E-state index contributed by atoms with van der Waals surface area (Å²) >= 11 is 5.36. The lowest BCUT2D eigenvalue weighted by Gasteiger charge is -2.05. The van der Waals surface area contributed by atoms with Crippen LogP contribution in [-0.4, -0.2) is 11.8 Å². The fraction of sp³-hybridized carbons (Fsp3) is 0.400. The lowest BCUT2D eigenvalue weighted by Crippen LogP contribution is -2.15. The van der Waals surface area contributed by atoms with Crippen molar-refractivity contribution in [1.29, 1.82) is 0 Å². The highest BCUT2D eigenvalue weighted by atomic mass is 79.9. The van der Waals surface area contributed by atoms with Gasteiger partial charge in [-0.3, -0.25) is 0 Å². The summed E-state index contributed by atoms with van der Waals surface area (Å²) in [4.78, 5) is 1.29. The Balaban J connectivity index is 2.41. The van der Waals surface area contributed by atoms with Crippen LogP contribution in [0.25, 0.3) is 0 Å². The number of thioether (sulfide) groups is 1. The normalized spacial score (nSPS) is 12.8. The quantitative estimate of drug-likeness (QED) is 0.841. The van der Waals surface area contributed by atoms with Gasteiger partial charge >= 0.3 is 0 Å². The second-order valence-corrected chi connectivity index (χ2v) is 5.04. The summed E-state index contributed by atoms with van der Waals surface area (Å²) < 4.78 is 1.17. The van der Waals surface area contributed by atoms with E-state index in [-0.39, 0.29) is 0 Å². The van der Waals surface area contributed by atoms with Crippen LogP contribution in [0.3, 0.4) is 0 Å². The topological polar surface area (TPSA) is 26.0 Å². The molecule has 0 saturated heterocycles. The Kier molecular flexibility index (Phi) is 4.84. The fourth-order valence-corrected chi connectivity index (χ4v) is 2.63. The highest BCUT2D eigenvalue weighted by molar-refractivity contribution is 9.10. The summed E-state index contributed by atoms with van der Waals surface area (Å²) in [6.07, 6.45) is 1.06. The lowest BCUT2D eigenvalue weighted by atomic mass is 10.3. The van der Waals surface area contributed by atoms with E-state index in [0.717, 1.165) is 12.2 Å². The largest absolute Gasteiger partial charge is 0.328 e. The summed E-state index contributed by atoms with van der Waals surface area (Å²) in [6.45, 7) is 2.04. The Labute approximate surface area is 92.2 Å². The molecular weight excluding hydrogens is 246 g/mol. The van der Waals surface area contributed by atoms with Gasteiger partial charge in [0.25, 0.3) is 0 Å². The van der Waals surface area contributed by atoms with Gasteiger partial charge in [-0.25, -0.2) is 0 Å². The van der Waals surface area contributed by atoms with Crippen LogP contribution in [-0.2, 0) is 0 Å². The molecule has 1 nitrogen and oxygen atoms in total. The maximum Gasteiger partial charge on any atom is 0.0311 e. The van der Waals surface area contributed by atoms with Crippen molar-refractivity contribution in [2.24, 2.45) is 5.73 Å². The van der Waals surface area contributed by atoms with Crippen LogP contribution in [0.2, 0.25) is 0 Å². The maximum absolute atomic E-state index is 5.67. The highest BCUT2D eigenvalue weighted by Crippen LogP contribution is 2.27. The van der Waals surface area contributed by atoms with E-state index in [9.17, 15) is 0 Å². The average molecular weight is 260 g/mol. The first-order chi connectivity index (χ1) is 6.20. The van der Waals surface area contributed by atoms with Gasteiger partial charge in [0.2, 0.25) is 0 Å². The zero-order valence-electron chi connectivity index (χ0n) is 7.66. The fourth-order valence-electron chi connectivity index (χ4n) is 0.917. The van der Waals surface area contributed by atoms with Gasteiger partial charge in [-0.2, -0.15) is 0 Å². The maximum atomic E-state index is 5.67. The summed E-state index contributed by atoms with van der Waals surface area (Å²) in [7, 11) is 0. The third-order valence-corrected chi connectivity index (χ3v) is 3.73. The predicted molar refractivity (Wildman–Crippen MR) is 63.1 cm³/mol. The van der Waals surface area contributed by atoms with Gasteiger partial charge in [-0.15, -0.1) is 11.8 Å². The van der Waals surface area contributed by atoms with Crippen LogP contribution < -0.4 is 5.73 Å². The standard InChI is InChI=1S/C10H14BrNS/c1-8(12)6-7-13-10-5-3-2-4-9(10)11/h2-5,8H,6-7,12H2,1H3. The molecule has 72 valence electrons. The monoisotopic (exact) mass is 259 g/mol. The molecule has 3 heteroatoms. The average Bonchev–Trinajstić information content (AvgIpc) is 2.08. The van der Waals surface area contributed by atoms with Crippen molar-refractivity contribution in [2.45, 2.75) is 24.3 Å². The number of hydrogen-bond acceptors (Lipinski definition) is 2. The van der Waals surface area contributed by atoms with Crippen molar-refractivity contribution in [3.8, 4) is 0 Å². The van der Waals surface area contributed by atoms with E-state index in [1.165, 1.54) is 9.37 Å². The van der Waals surface area contributed by atoms with Crippen molar-refractivity contribution in [3.63, 3.8) is 0 Å². The summed E-state index contributed by atoms with van der Waals surface area (Å²) in [6, 6.07) is 8.57. The molecule has 0 fully saturated rings. The molecule has 1 aromatic rings. The molecule has 0 radical (unpaired) electrons. The van der Waals surface area contributed by atoms with E-state index < -0.39 is 0 Å². The highest BCUT2D eigenvalue weighted by Gasteiger charge is 1.99. The molecule has 0 heterocycles. The van der Waals surface area contributed by atoms with Crippen molar-refractivity contribution in [3.05, 3.63) is 28.7 Å². The van der Waals surface area contributed by atoms with Gasteiger partial charge in [0.05, 0.1) is 0 Å². The van der Waals surface area contributed by atoms with Crippen LogP contribution in [0.4, 0.5) is 0 Å². The second kappa shape index (κ2) is 5.68. The Morgan fingerprint density at radius 3 is 2.77 bits per heavy atom. The molecule has 0 aromatic heterocycles. The molecule has 1 atom stereocenters. The Morgan fingerprint density at radius 2 is 2.15 bits per heavy atom. The number of halogens is 1. The molecule has 0 saturated carbocycles. The van der Waals surface area contributed by atoms with Crippen molar-refractivity contribution < 1.29 is 0 Å². The van der Waals surface area contributed by atoms with Gasteiger partial charge < -0.3 is 5.73 Å². The molecule has 1 unspecified atom stereocenters. The van der Waals surface area contributed by atoms with E-state index in [0.29, 0.717) is 6.04 Å². The molecule has 0 aliphatic carbocycles. The van der Waals surface area contributed by atoms with E-state index in [4.69, 9.17) is 5.73 Å². The zero-order chi connectivity index (χ0) is 9.68. The van der Waals surface area contributed by atoms with Gasteiger partial charge in [0, 0.05) is 15.4 Å². The van der Waals surface area contributed by atoms with Gasteiger partial charge in [0.1, 0.15) is 0 Å². The van der Waals surface area contributed by atoms with Crippen LogP contribution >= 0.6 is 27.7 Å². The van der Waals surface area contributed by atoms with Gasteiger partial charge in [-0.05, 0) is 47.2 Å². The predicted octanol–water partition coefficient (Wildman–Crippen LogP) is 3.28. The molecule has 13 heavy (non-hydrogen) atoms. The van der Waals surface area contributed by atoms with Gasteiger partial charge in [-0.1, -0.05) is 12.1 Å². The molecule has 0 amide bonds. The third-order valence-electron chi connectivity index (χ3n) is 1.67. The molecule has 2 N–H and O–H groups in total. The first kappa shape index (κ1) is 11.1. The van der Waals surface area contributed by atoms with Crippen molar-refractivity contribution >= 4 is 27.7 Å². The number of hydrogen-bond donors (Lipinski definition) is 1.